The Hall–Kier alpha value is -3.37. The molecule has 0 unspecified atom stereocenters. The predicted molar refractivity (Wildman–Crippen MR) is 123 cm³/mol. The van der Waals surface area contributed by atoms with E-state index in [1.165, 1.54) is 21.9 Å². The highest BCUT2D eigenvalue weighted by molar-refractivity contribution is 7.98. The standard InChI is InChI=1S/C21H19N5O3S2/c1-29-16-8-6-13(7-9-16)19-25-26-18(27)11-15(24-21(26)31-19)12-22-20(28)23-14-4-3-5-17(10-14)30-2/h3-11H,12H2,1-2H3,(H2,22,23,28). The van der Waals surface area contributed by atoms with Crippen LogP contribution in [-0.4, -0.2) is 34.0 Å². The van der Waals surface area contributed by atoms with Gasteiger partial charge in [0.25, 0.3) is 5.56 Å². The van der Waals surface area contributed by atoms with Crippen molar-refractivity contribution in [3.8, 4) is 16.3 Å². The molecule has 0 fully saturated rings. The summed E-state index contributed by atoms with van der Waals surface area (Å²) in [5.74, 6) is 0.743. The van der Waals surface area contributed by atoms with Crippen molar-refractivity contribution in [3.63, 3.8) is 0 Å². The molecule has 158 valence electrons. The third kappa shape index (κ3) is 4.86. The molecule has 0 aliphatic heterocycles. The van der Waals surface area contributed by atoms with Crippen molar-refractivity contribution in [2.45, 2.75) is 11.4 Å². The van der Waals surface area contributed by atoms with Gasteiger partial charge in [0.15, 0.2) is 0 Å². The molecular weight excluding hydrogens is 434 g/mol. The number of hydrogen-bond acceptors (Lipinski definition) is 7. The number of rotatable bonds is 6. The first-order valence-electron chi connectivity index (χ1n) is 9.29. The van der Waals surface area contributed by atoms with E-state index < -0.39 is 0 Å². The molecule has 2 heterocycles. The fourth-order valence-electron chi connectivity index (χ4n) is 2.84. The van der Waals surface area contributed by atoms with Crippen LogP contribution < -0.4 is 20.9 Å². The topological polar surface area (TPSA) is 97.6 Å². The number of nitrogens with one attached hydrogen (secondary N) is 2. The first kappa shape index (κ1) is 20.9. The van der Waals surface area contributed by atoms with Crippen LogP contribution in [0.15, 0.2) is 64.3 Å². The Morgan fingerprint density at radius 1 is 1.19 bits per heavy atom. The number of nitrogens with zero attached hydrogens (tertiary/aromatic N) is 3. The van der Waals surface area contributed by atoms with Gasteiger partial charge in [-0.25, -0.2) is 9.78 Å². The van der Waals surface area contributed by atoms with Crippen molar-refractivity contribution in [2.24, 2.45) is 0 Å². The van der Waals surface area contributed by atoms with Gasteiger partial charge < -0.3 is 15.4 Å². The van der Waals surface area contributed by atoms with Crippen molar-refractivity contribution in [3.05, 3.63) is 70.6 Å². The van der Waals surface area contributed by atoms with E-state index in [2.05, 4.69) is 20.7 Å². The molecule has 2 aromatic heterocycles. The van der Waals surface area contributed by atoms with Gasteiger partial charge in [0.2, 0.25) is 4.96 Å². The summed E-state index contributed by atoms with van der Waals surface area (Å²) in [6, 6.07) is 16.0. The lowest BCUT2D eigenvalue weighted by atomic mass is 10.2. The lowest BCUT2D eigenvalue weighted by molar-refractivity contribution is 0.251. The lowest BCUT2D eigenvalue weighted by Gasteiger charge is -2.08. The van der Waals surface area contributed by atoms with Crippen LogP contribution >= 0.6 is 23.1 Å². The van der Waals surface area contributed by atoms with E-state index in [1.807, 2.05) is 54.8 Å². The van der Waals surface area contributed by atoms with Crippen LogP contribution in [0.2, 0.25) is 0 Å². The number of urea groups is 1. The highest BCUT2D eigenvalue weighted by atomic mass is 32.2. The number of carbonyl (C=O) groups is 1. The van der Waals surface area contributed by atoms with Crippen molar-refractivity contribution >= 4 is 39.8 Å². The van der Waals surface area contributed by atoms with Crippen LogP contribution in [0.25, 0.3) is 15.5 Å². The number of benzene rings is 2. The molecule has 0 bridgehead atoms. The quantitative estimate of drug-likeness (QED) is 0.430. The zero-order valence-electron chi connectivity index (χ0n) is 16.8. The molecule has 10 heteroatoms. The second kappa shape index (κ2) is 9.19. The van der Waals surface area contributed by atoms with Crippen LogP contribution in [0.1, 0.15) is 5.69 Å². The number of anilines is 1. The zero-order valence-corrected chi connectivity index (χ0v) is 18.4. The Morgan fingerprint density at radius 2 is 2.00 bits per heavy atom. The number of methoxy groups -OCH3 is 1. The number of fused-ring (bicyclic) bond motifs is 1. The van der Waals surface area contributed by atoms with Gasteiger partial charge in [-0.05, 0) is 48.7 Å². The van der Waals surface area contributed by atoms with E-state index in [9.17, 15) is 9.59 Å². The summed E-state index contributed by atoms with van der Waals surface area (Å²) in [4.78, 5) is 30.7. The number of carbonyl (C=O) groups excluding carboxylic acids is 1. The molecular formula is C21H19N5O3S2. The van der Waals surface area contributed by atoms with Gasteiger partial charge in [-0.2, -0.15) is 9.61 Å². The Kier molecular flexibility index (Phi) is 6.19. The van der Waals surface area contributed by atoms with Gasteiger partial charge >= 0.3 is 6.03 Å². The average Bonchev–Trinajstić information content (AvgIpc) is 3.23. The molecule has 8 nitrogen and oxygen atoms in total. The monoisotopic (exact) mass is 453 g/mol. The molecule has 4 rings (SSSR count). The highest BCUT2D eigenvalue weighted by Gasteiger charge is 2.12. The molecule has 2 aromatic carbocycles. The van der Waals surface area contributed by atoms with E-state index in [-0.39, 0.29) is 18.1 Å². The number of amides is 2. The maximum absolute atomic E-state index is 12.5. The minimum atomic E-state index is -0.372. The van der Waals surface area contributed by atoms with E-state index in [0.717, 1.165) is 16.2 Å². The first-order valence-corrected chi connectivity index (χ1v) is 11.3. The maximum atomic E-state index is 12.5. The Labute approximate surface area is 186 Å². The molecule has 2 amide bonds. The van der Waals surface area contributed by atoms with E-state index in [1.54, 1.807) is 18.9 Å². The van der Waals surface area contributed by atoms with Gasteiger partial charge in [-0.1, -0.05) is 17.4 Å². The van der Waals surface area contributed by atoms with Crippen LogP contribution in [0, 0.1) is 0 Å². The second-order valence-electron chi connectivity index (χ2n) is 6.46. The molecule has 2 N–H and O–H groups in total. The predicted octanol–water partition coefficient (Wildman–Crippen LogP) is 3.87. The van der Waals surface area contributed by atoms with Gasteiger partial charge in [0.1, 0.15) is 10.8 Å². The fraction of sp³-hybridized carbons (Fsp3) is 0.143. The third-order valence-corrected chi connectivity index (χ3v) is 6.08. The largest absolute Gasteiger partial charge is 0.497 e. The molecule has 0 saturated carbocycles. The highest BCUT2D eigenvalue weighted by Crippen LogP contribution is 2.26. The lowest BCUT2D eigenvalue weighted by Crippen LogP contribution is -2.29. The molecule has 0 atom stereocenters. The van der Waals surface area contributed by atoms with Gasteiger partial charge in [-0.15, -0.1) is 11.8 Å². The van der Waals surface area contributed by atoms with Crippen molar-refractivity contribution in [1.29, 1.82) is 0 Å². The molecule has 0 radical (unpaired) electrons. The van der Waals surface area contributed by atoms with Crippen LogP contribution in [0.3, 0.4) is 0 Å². The Bertz CT molecular complexity index is 1280. The minimum absolute atomic E-state index is 0.121. The van der Waals surface area contributed by atoms with E-state index in [0.29, 0.717) is 21.3 Å². The molecule has 4 aromatic rings. The first-order chi connectivity index (χ1) is 15.1. The number of ether oxygens (including phenoxy) is 1. The number of aromatic nitrogens is 3. The van der Waals surface area contributed by atoms with Crippen LogP contribution in [0.5, 0.6) is 5.75 Å². The van der Waals surface area contributed by atoms with Crippen molar-refractivity contribution in [1.82, 2.24) is 19.9 Å². The summed E-state index contributed by atoms with van der Waals surface area (Å²) >= 11 is 2.90. The van der Waals surface area contributed by atoms with E-state index in [4.69, 9.17) is 4.74 Å². The molecule has 0 aliphatic rings. The number of hydrogen-bond donors (Lipinski definition) is 2. The molecule has 0 aliphatic carbocycles. The van der Waals surface area contributed by atoms with Crippen molar-refractivity contribution < 1.29 is 9.53 Å². The van der Waals surface area contributed by atoms with E-state index >= 15 is 0 Å². The second-order valence-corrected chi connectivity index (χ2v) is 8.29. The summed E-state index contributed by atoms with van der Waals surface area (Å²) in [6.07, 6.45) is 1.97. The summed E-state index contributed by atoms with van der Waals surface area (Å²) in [5.41, 5.74) is 1.72. The SMILES string of the molecule is COc1ccc(-c2nn3c(=O)cc(CNC(=O)Nc4cccc(SC)c4)nc3s2)cc1. The van der Waals surface area contributed by atoms with Crippen LogP contribution in [-0.2, 0) is 6.54 Å². The molecule has 0 saturated heterocycles. The smallest absolute Gasteiger partial charge is 0.319 e. The van der Waals surface area contributed by atoms with Crippen LogP contribution in [0.4, 0.5) is 10.5 Å². The number of thioether (sulfide) groups is 1. The van der Waals surface area contributed by atoms with Gasteiger partial charge in [0, 0.05) is 22.2 Å². The summed E-state index contributed by atoms with van der Waals surface area (Å²) in [5, 5.41) is 10.5. The van der Waals surface area contributed by atoms with Gasteiger partial charge in [0.05, 0.1) is 19.3 Å². The fourth-order valence-corrected chi connectivity index (χ4v) is 4.23. The maximum Gasteiger partial charge on any atom is 0.319 e. The van der Waals surface area contributed by atoms with Crippen molar-refractivity contribution in [2.75, 3.05) is 18.7 Å². The Morgan fingerprint density at radius 3 is 2.74 bits per heavy atom. The Balaban J connectivity index is 1.48. The summed E-state index contributed by atoms with van der Waals surface area (Å²) in [7, 11) is 1.60. The zero-order chi connectivity index (χ0) is 21.8. The molecule has 0 spiro atoms. The average molecular weight is 454 g/mol. The summed E-state index contributed by atoms with van der Waals surface area (Å²) in [6.45, 7) is 0.121. The normalized spacial score (nSPS) is 10.8. The third-order valence-electron chi connectivity index (χ3n) is 4.39. The minimum Gasteiger partial charge on any atom is -0.497 e. The summed E-state index contributed by atoms with van der Waals surface area (Å²) < 4.78 is 6.43. The molecule has 31 heavy (non-hydrogen) atoms. The van der Waals surface area contributed by atoms with Gasteiger partial charge in [-0.3, -0.25) is 4.79 Å².